The van der Waals surface area contributed by atoms with Crippen LogP contribution in [-0.2, 0) is 17.4 Å². The summed E-state index contributed by atoms with van der Waals surface area (Å²) in [5.41, 5.74) is 0.435. The number of pyridine rings is 1. The van der Waals surface area contributed by atoms with Crippen molar-refractivity contribution in [3.8, 4) is 0 Å². The molecule has 0 bridgehead atoms. The third-order valence-corrected chi connectivity index (χ3v) is 5.10. The molecule has 0 saturated carbocycles. The number of aromatic nitrogens is 3. The van der Waals surface area contributed by atoms with Crippen molar-refractivity contribution in [1.29, 1.82) is 0 Å². The Balaban J connectivity index is 1.70. The van der Waals surface area contributed by atoms with Crippen molar-refractivity contribution >= 4 is 11.6 Å². The van der Waals surface area contributed by atoms with Crippen molar-refractivity contribution in [2.24, 2.45) is 5.92 Å². The lowest BCUT2D eigenvalue weighted by atomic mass is 10.0. The summed E-state index contributed by atoms with van der Waals surface area (Å²) < 4.78 is 40.9. The molecule has 1 unspecified atom stereocenters. The van der Waals surface area contributed by atoms with Gasteiger partial charge in [-0.2, -0.15) is 13.2 Å². The van der Waals surface area contributed by atoms with Crippen LogP contribution in [0.1, 0.15) is 29.4 Å². The van der Waals surface area contributed by atoms with Gasteiger partial charge in [-0.1, -0.05) is 30.3 Å². The summed E-state index contributed by atoms with van der Waals surface area (Å²) in [7, 11) is 0. The van der Waals surface area contributed by atoms with E-state index in [1.165, 1.54) is 10.5 Å². The second-order valence-electron chi connectivity index (χ2n) is 7.14. The SMILES string of the molecule is O=C(N[C@H](Cc1ccccc1)c1nnc2ccc(C(F)(F)F)cn12)C1CCNC1. The van der Waals surface area contributed by atoms with Gasteiger partial charge in [0.15, 0.2) is 11.5 Å². The Morgan fingerprint density at radius 2 is 2.00 bits per heavy atom. The van der Waals surface area contributed by atoms with Gasteiger partial charge in [0.05, 0.1) is 17.5 Å². The van der Waals surface area contributed by atoms with E-state index >= 15 is 0 Å². The standard InChI is InChI=1S/C20H20F3N5O/c21-20(22,23)15-6-7-17-26-27-18(28(17)12-15)16(10-13-4-2-1-3-5-13)25-19(29)14-8-9-24-11-14/h1-7,12,14,16,24H,8-11H2,(H,25,29)/t14?,16-/m1/s1. The number of hydrogen-bond donors (Lipinski definition) is 2. The average Bonchev–Trinajstić information content (AvgIpc) is 3.37. The molecule has 0 spiro atoms. The van der Waals surface area contributed by atoms with Crippen molar-refractivity contribution in [2.45, 2.75) is 25.1 Å². The molecule has 1 aliphatic heterocycles. The molecule has 29 heavy (non-hydrogen) atoms. The highest BCUT2D eigenvalue weighted by Crippen LogP contribution is 2.30. The van der Waals surface area contributed by atoms with Crippen LogP contribution in [-0.4, -0.2) is 33.6 Å². The fourth-order valence-electron chi connectivity index (χ4n) is 3.54. The number of benzene rings is 1. The number of alkyl halides is 3. The van der Waals surface area contributed by atoms with Crippen LogP contribution >= 0.6 is 0 Å². The maximum atomic E-state index is 13.2. The summed E-state index contributed by atoms with van der Waals surface area (Å²) in [6, 6.07) is 11.1. The maximum Gasteiger partial charge on any atom is 0.417 e. The van der Waals surface area contributed by atoms with Crippen LogP contribution in [0.25, 0.3) is 5.65 Å². The zero-order chi connectivity index (χ0) is 20.4. The van der Waals surface area contributed by atoms with E-state index in [9.17, 15) is 18.0 Å². The van der Waals surface area contributed by atoms with E-state index in [0.29, 0.717) is 18.6 Å². The van der Waals surface area contributed by atoms with E-state index < -0.39 is 17.8 Å². The topological polar surface area (TPSA) is 71.3 Å². The smallest absolute Gasteiger partial charge is 0.345 e. The number of carbonyl (C=O) groups is 1. The van der Waals surface area contributed by atoms with Crippen molar-refractivity contribution in [3.63, 3.8) is 0 Å². The fourth-order valence-corrected chi connectivity index (χ4v) is 3.54. The lowest BCUT2D eigenvalue weighted by molar-refractivity contribution is -0.138. The molecule has 1 aromatic carbocycles. The van der Waals surface area contributed by atoms with Gasteiger partial charge in [-0.3, -0.25) is 9.20 Å². The van der Waals surface area contributed by atoms with Crippen LogP contribution in [0, 0.1) is 5.92 Å². The van der Waals surface area contributed by atoms with Crippen LogP contribution < -0.4 is 10.6 Å². The van der Waals surface area contributed by atoms with Crippen molar-refractivity contribution in [2.75, 3.05) is 13.1 Å². The fraction of sp³-hybridized carbons (Fsp3) is 0.350. The predicted octanol–water partition coefficient (Wildman–Crippen LogP) is 2.76. The van der Waals surface area contributed by atoms with Gasteiger partial charge in [-0.05, 0) is 37.1 Å². The monoisotopic (exact) mass is 403 g/mol. The number of halogens is 3. The number of amides is 1. The Kier molecular flexibility index (Phi) is 5.23. The first-order valence-corrected chi connectivity index (χ1v) is 9.39. The molecule has 2 aromatic heterocycles. The quantitative estimate of drug-likeness (QED) is 0.687. The summed E-state index contributed by atoms with van der Waals surface area (Å²) >= 11 is 0. The first kappa shape index (κ1) is 19.4. The third kappa shape index (κ3) is 4.24. The number of carbonyl (C=O) groups excluding carboxylic acids is 1. The Morgan fingerprint density at radius 3 is 2.69 bits per heavy atom. The molecule has 0 radical (unpaired) electrons. The molecule has 6 nitrogen and oxygen atoms in total. The first-order valence-electron chi connectivity index (χ1n) is 9.39. The molecule has 2 N–H and O–H groups in total. The Bertz CT molecular complexity index is 996. The van der Waals surface area contributed by atoms with Crippen LogP contribution in [0.3, 0.4) is 0 Å². The summed E-state index contributed by atoms with van der Waals surface area (Å²) in [5.74, 6) is -0.0351. The molecule has 1 fully saturated rings. The van der Waals surface area contributed by atoms with Crippen molar-refractivity contribution in [1.82, 2.24) is 25.2 Å². The van der Waals surface area contributed by atoms with Gasteiger partial charge in [-0.15, -0.1) is 10.2 Å². The molecule has 3 heterocycles. The van der Waals surface area contributed by atoms with E-state index in [1.807, 2.05) is 30.3 Å². The normalized spacial score (nSPS) is 18.1. The molecule has 1 saturated heterocycles. The number of rotatable bonds is 5. The minimum Gasteiger partial charge on any atom is -0.345 e. The molecule has 0 aliphatic carbocycles. The summed E-state index contributed by atoms with van der Waals surface area (Å²) in [6.45, 7) is 1.35. The second kappa shape index (κ2) is 7.82. The van der Waals surface area contributed by atoms with Gasteiger partial charge in [0.2, 0.25) is 5.91 Å². The number of nitrogens with one attached hydrogen (secondary N) is 2. The molecule has 152 valence electrons. The van der Waals surface area contributed by atoms with Crippen LogP contribution in [0.2, 0.25) is 0 Å². The molecule has 2 atom stereocenters. The number of nitrogens with zero attached hydrogens (tertiary/aromatic N) is 3. The summed E-state index contributed by atoms with van der Waals surface area (Å²) in [6.07, 6.45) is -2.39. The highest BCUT2D eigenvalue weighted by molar-refractivity contribution is 5.79. The van der Waals surface area contributed by atoms with E-state index in [4.69, 9.17) is 0 Å². The van der Waals surface area contributed by atoms with Crippen LogP contribution in [0.5, 0.6) is 0 Å². The van der Waals surface area contributed by atoms with E-state index in [-0.39, 0.29) is 17.6 Å². The van der Waals surface area contributed by atoms with E-state index in [1.54, 1.807) is 0 Å². The summed E-state index contributed by atoms with van der Waals surface area (Å²) in [5, 5.41) is 14.2. The van der Waals surface area contributed by atoms with E-state index in [2.05, 4.69) is 20.8 Å². The molecule has 4 rings (SSSR count). The molecule has 1 amide bonds. The van der Waals surface area contributed by atoms with Gasteiger partial charge < -0.3 is 10.6 Å². The first-order chi connectivity index (χ1) is 13.9. The molecule has 3 aromatic rings. The Labute approximate surface area is 165 Å². The Morgan fingerprint density at radius 1 is 1.21 bits per heavy atom. The zero-order valence-corrected chi connectivity index (χ0v) is 15.5. The van der Waals surface area contributed by atoms with Gasteiger partial charge in [-0.25, -0.2) is 0 Å². The number of hydrogen-bond acceptors (Lipinski definition) is 4. The summed E-state index contributed by atoms with van der Waals surface area (Å²) in [4.78, 5) is 12.7. The lowest BCUT2D eigenvalue weighted by Crippen LogP contribution is -2.36. The lowest BCUT2D eigenvalue weighted by Gasteiger charge is -2.20. The third-order valence-electron chi connectivity index (χ3n) is 5.10. The Hall–Kier alpha value is -2.94. The van der Waals surface area contributed by atoms with Crippen molar-refractivity contribution < 1.29 is 18.0 Å². The van der Waals surface area contributed by atoms with Crippen molar-refractivity contribution in [3.05, 3.63) is 65.6 Å². The molecule has 9 heteroatoms. The number of fused-ring (bicyclic) bond motifs is 1. The van der Waals surface area contributed by atoms with Gasteiger partial charge >= 0.3 is 6.18 Å². The predicted molar refractivity (Wildman–Crippen MR) is 100.0 cm³/mol. The largest absolute Gasteiger partial charge is 0.417 e. The minimum atomic E-state index is -4.48. The second-order valence-corrected chi connectivity index (χ2v) is 7.14. The van der Waals surface area contributed by atoms with Gasteiger partial charge in [0.1, 0.15) is 0 Å². The molecular formula is C20H20F3N5O. The van der Waals surface area contributed by atoms with E-state index in [0.717, 1.165) is 30.8 Å². The maximum absolute atomic E-state index is 13.2. The van der Waals surface area contributed by atoms with Crippen LogP contribution in [0.15, 0.2) is 48.7 Å². The molecular weight excluding hydrogens is 383 g/mol. The van der Waals surface area contributed by atoms with Gasteiger partial charge in [0, 0.05) is 12.7 Å². The zero-order valence-electron chi connectivity index (χ0n) is 15.5. The average molecular weight is 403 g/mol. The van der Waals surface area contributed by atoms with Gasteiger partial charge in [0.25, 0.3) is 0 Å². The highest BCUT2D eigenvalue weighted by Gasteiger charge is 2.32. The minimum absolute atomic E-state index is 0.139. The highest BCUT2D eigenvalue weighted by atomic mass is 19.4. The van der Waals surface area contributed by atoms with Crippen LogP contribution in [0.4, 0.5) is 13.2 Å². The molecule has 1 aliphatic rings.